The molecule has 2 heterocycles. The molecule has 1 aromatic heterocycles. The molecule has 0 saturated carbocycles. The lowest BCUT2D eigenvalue weighted by atomic mass is 10.1. The van der Waals surface area contributed by atoms with E-state index >= 15 is 0 Å². The first-order valence-electron chi connectivity index (χ1n) is 8.64. The fourth-order valence-electron chi connectivity index (χ4n) is 3.03. The van der Waals surface area contributed by atoms with Crippen molar-refractivity contribution in [3.63, 3.8) is 0 Å². The van der Waals surface area contributed by atoms with Gasteiger partial charge in [0.05, 0.1) is 36.8 Å². The molecule has 0 unspecified atom stereocenters. The topological polar surface area (TPSA) is 87.7 Å². The van der Waals surface area contributed by atoms with Crippen molar-refractivity contribution in [2.45, 2.75) is 6.04 Å². The summed E-state index contributed by atoms with van der Waals surface area (Å²) in [5.74, 6) is -0.309. The molecule has 3 rings (SSSR count). The molecule has 0 spiro atoms. The van der Waals surface area contributed by atoms with E-state index in [1.165, 1.54) is 4.88 Å². The van der Waals surface area contributed by atoms with E-state index in [9.17, 15) is 13.2 Å². The lowest BCUT2D eigenvalue weighted by molar-refractivity contribution is 0.0169. The Hall–Kier alpha value is -1.94. The van der Waals surface area contributed by atoms with Crippen molar-refractivity contribution >= 4 is 33.0 Å². The van der Waals surface area contributed by atoms with Crippen molar-refractivity contribution < 1.29 is 17.9 Å². The minimum absolute atomic E-state index is 0.0629. The van der Waals surface area contributed by atoms with Crippen LogP contribution in [0.2, 0.25) is 0 Å². The van der Waals surface area contributed by atoms with Gasteiger partial charge in [0.25, 0.3) is 5.91 Å². The van der Waals surface area contributed by atoms with Gasteiger partial charge in [-0.15, -0.1) is 11.3 Å². The molecular formula is C18H23N3O4S2. The summed E-state index contributed by atoms with van der Waals surface area (Å²) in [6, 6.07) is 10.7. The third-order valence-electron chi connectivity index (χ3n) is 4.28. The van der Waals surface area contributed by atoms with E-state index in [1.807, 2.05) is 11.4 Å². The van der Waals surface area contributed by atoms with Gasteiger partial charge >= 0.3 is 0 Å². The molecule has 27 heavy (non-hydrogen) atoms. The smallest absolute Gasteiger partial charge is 0.253 e. The molecule has 1 atom stereocenters. The molecule has 1 fully saturated rings. The summed E-state index contributed by atoms with van der Waals surface area (Å²) in [6.07, 6.45) is 1.06. The predicted molar refractivity (Wildman–Crippen MR) is 107 cm³/mol. The number of thiophene rings is 1. The van der Waals surface area contributed by atoms with Gasteiger partial charge in [-0.3, -0.25) is 14.4 Å². The number of ether oxygens (including phenoxy) is 1. The van der Waals surface area contributed by atoms with Crippen LogP contribution in [-0.2, 0) is 14.8 Å². The van der Waals surface area contributed by atoms with Gasteiger partial charge in [0.2, 0.25) is 10.0 Å². The Balaban J connectivity index is 1.73. The molecular weight excluding hydrogens is 386 g/mol. The van der Waals surface area contributed by atoms with Gasteiger partial charge in [0.15, 0.2) is 0 Å². The Labute approximate surface area is 163 Å². The van der Waals surface area contributed by atoms with Crippen molar-refractivity contribution in [1.82, 2.24) is 10.2 Å². The van der Waals surface area contributed by atoms with E-state index in [0.29, 0.717) is 25.3 Å². The lowest BCUT2D eigenvalue weighted by Crippen LogP contribution is -2.43. The summed E-state index contributed by atoms with van der Waals surface area (Å²) in [6.45, 7) is 3.41. The molecule has 1 amide bonds. The maximum absolute atomic E-state index is 12.7. The van der Waals surface area contributed by atoms with E-state index in [-0.39, 0.29) is 17.6 Å². The number of hydrogen-bond donors (Lipinski definition) is 2. The Morgan fingerprint density at radius 1 is 1.22 bits per heavy atom. The number of anilines is 1. The molecule has 2 N–H and O–H groups in total. The monoisotopic (exact) mass is 409 g/mol. The normalized spacial score (nSPS) is 16.6. The predicted octanol–water partition coefficient (Wildman–Crippen LogP) is 1.92. The van der Waals surface area contributed by atoms with Crippen LogP contribution in [0.1, 0.15) is 21.3 Å². The molecule has 0 radical (unpaired) electrons. The minimum Gasteiger partial charge on any atom is -0.379 e. The second-order valence-electron chi connectivity index (χ2n) is 6.31. The highest BCUT2D eigenvalue weighted by Gasteiger charge is 2.24. The first kappa shape index (κ1) is 19.8. The first-order valence-corrected chi connectivity index (χ1v) is 11.4. The molecule has 1 aliphatic heterocycles. The van der Waals surface area contributed by atoms with Crippen LogP contribution in [-0.4, -0.2) is 58.3 Å². The van der Waals surface area contributed by atoms with Gasteiger partial charge in [-0.05, 0) is 23.6 Å². The number of para-hydroxylation sites is 1. The highest BCUT2D eigenvalue weighted by Crippen LogP contribution is 2.26. The van der Waals surface area contributed by atoms with Crippen LogP contribution in [0.15, 0.2) is 41.8 Å². The van der Waals surface area contributed by atoms with Crippen molar-refractivity contribution in [3.05, 3.63) is 52.2 Å². The van der Waals surface area contributed by atoms with Crippen LogP contribution in [0.25, 0.3) is 0 Å². The van der Waals surface area contributed by atoms with Crippen LogP contribution in [0.3, 0.4) is 0 Å². The molecule has 146 valence electrons. The van der Waals surface area contributed by atoms with Crippen LogP contribution in [0.4, 0.5) is 5.69 Å². The van der Waals surface area contributed by atoms with Gasteiger partial charge in [0.1, 0.15) is 0 Å². The van der Waals surface area contributed by atoms with Crippen molar-refractivity contribution in [2.24, 2.45) is 0 Å². The van der Waals surface area contributed by atoms with E-state index in [4.69, 9.17) is 4.74 Å². The maximum Gasteiger partial charge on any atom is 0.253 e. The quantitative estimate of drug-likeness (QED) is 0.730. The second kappa shape index (κ2) is 8.83. The van der Waals surface area contributed by atoms with Crippen molar-refractivity contribution in [3.8, 4) is 0 Å². The van der Waals surface area contributed by atoms with Crippen LogP contribution < -0.4 is 10.0 Å². The molecule has 1 saturated heterocycles. The molecule has 0 bridgehead atoms. The van der Waals surface area contributed by atoms with Crippen molar-refractivity contribution in [1.29, 1.82) is 0 Å². The van der Waals surface area contributed by atoms with Gasteiger partial charge in [0, 0.05) is 24.5 Å². The van der Waals surface area contributed by atoms with Gasteiger partial charge in [-0.2, -0.15) is 0 Å². The maximum atomic E-state index is 12.7. The first-order chi connectivity index (χ1) is 12.9. The Morgan fingerprint density at radius 2 is 1.96 bits per heavy atom. The molecule has 0 aliphatic carbocycles. The summed E-state index contributed by atoms with van der Waals surface area (Å²) in [7, 11) is -3.47. The average molecular weight is 410 g/mol. The molecule has 1 aromatic carbocycles. The number of morpholine rings is 1. The zero-order chi connectivity index (χ0) is 19.3. The van der Waals surface area contributed by atoms with Crippen LogP contribution in [0, 0.1) is 0 Å². The summed E-state index contributed by atoms with van der Waals surface area (Å²) in [4.78, 5) is 16.2. The number of carbonyl (C=O) groups is 1. The van der Waals surface area contributed by atoms with E-state index in [0.717, 1.165) is 19.3 Å². The Kier molecular flexibility index (Phi) is 6.48. The minimum atomic E-state index is -3.47. The number of sulfonamides is 1. The van der Waals surface area contributed by atoms with Gasteiger partial charge < -0.3 is 10.1 Å². The Morgan fingerprint density at radius 3 is 2.63 bits per heavy atom. The number of carbonyl (C=O) groups excluding carboxylic acids is 1. The number of benzene rings is 1. The molecule has 7 nitrogen and oxygen atoms in total. The lowest BCUT2D eigenvalue weighted by Gasteiger charge is -2.34. The number of nitrogens with one attached hydrogen (secondary N) is 2. The zero-order valence-corrected chi connectivity index (χ0v) is 16.7. The van der Waals surface area contributed by atoms with Crippen LogP contribution in [0.5, 0.6) is 0 Å². The number of rotatable bonds is 7. The van der Waals surface area contributed by atoms with E-state index in [1.54, 1.807) is 35.6 Å². The molecule has 9 heteroatoms. The van der Waals surface area contributed by atoms with E-state index in [2.05, 4.69) is 21.0 Å². The fraction of sp³-hybridized carbons (Fsp3) is 0.389. The third kappa shape index (κ3) is 5.52. The SMILES string of the molecule is CS(=O)(=O)Nc1ccccc1C(=O)NC[C@@H](c1cccs1)N1CCOCC1. The van der Waals surface area contributed by atoms with E-state index < -0.39 is 10.0 Å². The highest BCUT2D eigenvalue weighted by molar-refractivity contribution is 7.92. The van der Waals surface area contributed by atoms with Gasteiger partial charge in [-0.25, -0.2) is 8.42 Å². The van der Waals surface area contributed by atoms with Crippen LogP contribution >= 0.6 is 11.3 Å². The summed E-state index contributed by atoms with van der Waals surface area (Å²) < 4.78 is 30.9. The third-order valence-corrected chi connectivity index (χ3v) is 5.85. The molecule has 1 aliphatic rings. The largest absolute Gasteiger partial charge is 0.379 e. The second-order valence-corrected chi connectivity index (χ2v) is 9.04. The number of nitrogens with zero attached hydrogens (tertiary/aromatic N) is 1. The van der Waals surface area contributed by atoms with Gasteiger partial charge in [-0.1, -0.05) is 18.2 Å². The summed E-state index contributed by atoms with van der Waals surface area (Å²) in [5.41, 5.74) is 0.575. The fourth-order valence-corrected chi connectivity index (χ4v) is 4.47. The highest BCUT2D eigenvalue weighted by atomic mass is 32.2. The summed E-state index contributed by atoms with van der Waals surface area (Å²) >= 11 is 1.66. The summed E-state index contributed by atoms with van der Waals surface area (Å²) in [5, 5.41) is 4.98. The van der Waals surface area contributed by atoms with Crippen molar-refractivity contribution in [2.75, 3.05) is 43.8 Å². The zero-order valence-electron chi connectivity index (χ0n) is 15.1. The Bertz CT molecular complexity index is 862. The number of amides is 1. The average Bonchev–Trinajstić information content (AvgIpc) is 3.16. The number of hydrogen-bond acceptors (Lipinski definition) is 6. The standard InChI is InChI=1S/C18H23N3O4S2/c1-27(23,24)20-15-6-3-2-5-14(15)18(22)19-13-16(17-7-4-12-26-17)21-8-10-25-11-9-21/h2-7,12,16,20H,8-11,13H2,1H3,(H,19,22)/t16-/m0/s1. The molecule has 2 aromatic rings.